The Kier molecular flexibility index (Phi) is 5.99. The third-order valence-corrected chi connectivity index (χ3v) is 2.77. The highest BCUT2D eigenvalue weighted by atomic mass is 16.5. The number of benzene rings is 1. The third-order valence-electron chi connectivity index (χ3n) is 2.77. The number of amides is 1. The zero-order valence-electron chi connectivity index (χ0n) is 12.0. The number of rotatable bonds is 7. The van der Waals surface area contributed by atoms with E-state index in [0.29, 0.717) is 24.4 Å². The molecule has 0 saturated carbocycles. The van der Waals surface area contributed by atoms with E-state index in [1.165, 1.54) is 12.0 Å². The maximum Gasteiger partial charge on any atom is 0.323 e. The van der Waals surface area contributed by atoms with Crippen molar-refractivity contribution in [2.45, 2.75) is 0 Å². The molecule has 0 spiro atoms. The van der Waals surface area contributed by atoms with Gasteiger partial charge in [-0.05, 0) is 26.2 Å². The van der Waals surface area contributed by atoms with Crippen LogP contribution >= 0.6 is 0 Å². The first-order valence-electron chi connectivity index (χ1n) is 6.24. The van der Waals surface area contributed by atoms with Gasteiger partial charge >= 0.3 is 5.97 Å². The summed E-state index contributed by atoms with van der Waals surface area (Å²) in [7, 11) is 5.21. The van der Waals surface area contributed by atoms with Gasteiger partial charge in [0.1, 0.15) is 12.3 Å². The Morgan fingerprint density at radius 3 is 2.40 bits per heavy atom. The Balaban J connectivity index is 2.93. The summed E-state index contributed by atoms with van der Waals surface area (Å²) in [4.78, 5) is 26.5. The van der Waals surface area contributed by atoms with Gasteiger partial charge in [0.15, 0.2) is 0 Å². The minimum Gasteiger partial charge on any atom is -0.496 e. The molecule has 0 saturated heterocycles. The molecule has 0 atom stereocenters. The quantitative estimate of drug-likeness (QED) is 0.799. The van der Waals surface area contributed by atoms with Crippen LogP contribution < -0.4 is 4.74 Å². The van der Waals surface area contributed by atoms with Gasteiger partial charge in [-0.1, -0.05) is 12.1 Å². The second-order valence-corrected chi connectivity index (χ2v) is 4.62. The fraction of sp³-hybridized carbons (Fsp3) is 0.429. The van der Waals surface area contributed by atoms with Crippen molar-refractivity contribution in [1.29, 1.82) is 0 Å². The number of ether oxygens (including phenoxy) is 1. The normalized spacial score (nSPS) is 10.4. The van der Waals surface area contributed by atoms with E-state index in [9.17, 15) is 9.59 Å². The average molecular weight is 280 g/mol. The molecule has 0 aromatic heterocycles. The smallest absolute Gasteiger partial charge is 0.323 e. The van der Waals surface area contributed by atoms with Crippen molar-refractivity contribution in [2.75, 3.05) is 40.8 Å². The van der Waals surface area contributed by atoms with Gasteiger partial charge in [0.25, 0.3) is 5.91 Å². The van der Waals surface area contributed by atoms with Crippen molar-refractivity contribution in [3.05, 3.63) is 29.8 Å². The van der Waals surface area contributed by atoms with E-state index in [1.807, 2.05) is 19.0 Å². The Morgan fingerprint density at radius 1 is 1.20 bits per heavy atom. The Labute approximate surface area is 118 Å². The van der Waals surface area contributed by atoms with Crippen LogP contribution in [0.3, 0.4) is 0 Å². The number of hydrogen-bond acceptors (Lipinski definition) is 4. The SMILES string of the molecule is COc1ccccc1C(=O)N(CCN(C)C)CC(=O)O. The highest BCUT2D eigenvalue weighted by Crippen LogP contribution is 2.19. The van der Waals surface area contributed by atoms with Crippen molar-refractivity contribution >= 4 is 11.9 Å². The largest absolute Gasteiger partial charge is 0.496 e. The fourth-order valence-corrected chi connectivity index (χ4v) is 1.73. The van der Waals surface area contributed by atoms with E-state index in [4.69, 9.17) is 9.84 Å². The maximum absolute atomic E-state index is 12.4. The van der Waals surface area contributed by atoms with Crippen molar-refractivity contribution in [3.63, 3.8) is 0 Å². The molecule has 1 aromatic rings. The lowest BCUT2D eigenvalue weighted by Crippen LogP contribution is -2.40. The summed E-state index contributed by atoms with van der Waals surface area (Å²) < 4.78 is 5.14. The zero-order chi connectivity index (χ0) is 15.1. The Hall–Kier alpha value is -2.08. The second kappa shape index (κ2) is 7.49. The molecule has 1 N–H and O–H groups in total. The minimum absolute atomic E-state index is 0.329. The highest BCUT2D eigenvalue weighted by Gasteiger charge is 2.21. The first kappa shape index (κ1) is 16.0. The zero-order valence-corrected chi connectivity index (χ0v) is 12.0. The predicted octanol–water partition coefficient (Wildman–Crippen LogP) is 0.784. The molecule has 0 aliphatic rings. The van der Waals surface area contributed by atoms with Crippen LogP contribution in [0.2, 0.25) is 0 Å². The number of nitrogens with zero attached hydrogens (tertiary/aromatic N) is 2. The van der Waals surface area contributed by atoms with Crippen LogP contribution in [0.15, 0.2) is 24.3 Å². The van der Waals surface area contributed by atoms with Gasteiger partial charge < -0.3 is 19.6 Å². The van der Waals surface area contributed by atoms with E-state index >= 15 is 0 Å². The van der Waals surface area contributed by atoms with Crippen molar-refractivity contribution in [2.24, 2.45) is 0 Å². The second-order valence-electron chi connectivity index (χ2n) is 4.62. The van der Waals surface area contributed by atoms with Crippen LogP contribution in [0.4, 0.5) is 0 Å². The molecule has 0 heterocycles. The van der Waals surface area contributed by atoms with Gasteiger partial charge in [0, 0.05) is 13.1 Å². The van der Waals surface area contributed by atoms with E-state index in [-0.39, 0.29) is 12.5 Å². The number of hydrogen-bond donors (Lipinski definition) is 1. The van der Waals surface area contributed by atoms with Crippen LogP contribution in [0.25, 0.3) is 0 Å². The van der Waals surface area contributed by atoms with Gasteiger partial charge in [0.2, 0.25) is 0 Å². The van der Waals surface area contributed by atoms with Gasteiger partial charge in [-0.15, -0.1) is 0 Å². The molecule has 0 aliphatic heterocycles. The van der Waals surface area contributed by atoms with Gasteiger partial charge in [-0.2, -0.15) is 0 Å². The van der Waals surface area contributed by atoms with E-state index in [0.717, 1.165) is 0 Å². The number of carbonyl (C=O) groups excluding carboxylic acids is 1. The van der Waals surface area contributed by atoms with E-state index in [1.54, 1.807) is 24.3 Å². The summed E-state index contributed by atoms with van der Waals surface area (Å²) in [5.41, 5.74) is 0.370. The molecule has 0 aliphatic carbocycles. The molecule has 1 aromatic carbocycles. The van der Waals surface area contributed by atoms with Crippen LogP contribution in [-0.2, 0) is 4.79 Å². The molecule has 0 bridgehead atoms. The summed E-state index contributed by atoms with van der Waals surface area (Å²) in [6.07, 6.45) is 0. The van der Waals surface area contributed by atoms with Crippen molar-refractivity contribution in [1.82, 2.24) is 9.80 Å². The number of aliphatic carboxylic acids is 1. The Bertz CT molecular complexity index is 474. The van der Waals surface area contributed by atoms with Crippen LogP contribution in [-0.4, -0.2) is 67.6 Å². The summed E-state index contributed by atoms with van der Waals surface area (Å²) in [6.45, 7) is 0.606. The number of methoxy groups -OCH3 is 1. The first-order chi connectivity index (χ1) is 9.45. The van der Waals surface area contributed by atoms with Gasteiger partial charge in [-0.25, -0.2) is 0 Å². The van der Waals surface area contributed by atoms with Crippen LogP contribution in [0.1, 0.15) is 10.4 Å². The average Bonchev–Trinajstić information content (AvgIpc) is 2.42. The van der Waals surface area contributed by atoms with E-state index in [2.05, 4.69) is 0 Å². The van der Waals surface area contributed by atoms with Crippen molar-refractivity contribution < 1.29 is 19.4 Å². The standard InChI is InChI=1S/C14H20N2O4/c1-15(2)8-9-16(10-13(17)18)14(19)11-6-4-5-7-12(11)20-3/h4-7H,8-10H2,1-3H3,(H,17,18). The monoisotopic (exact) mass is 280 g/mol. The third kappa shape index (κ3) is 4.55. The topological polar surface area (TPSA) is 70.1 Å². The number of para-hydroxylation sites is 1. The summed E-state index contributed by atoms with van der Waals surface area (Å²) in [6, 6.07) is 6.79. The molecular formula is C14H20N2O4. The lowest BCUT2D eigenvalue weighted by atomic mass is 10.1. The number of carboxylic acids is 1. The molecular weight excluding hydrogens is 260 g/mol. The minimum atomic E-state index is -1.04. The van der Waals surface area contributed by atoms with Crippen molar-refractivity contribution in [3.8, 4) is 5.75 Å². The van der Waals surface area contributed by atoms with E-state index < -0.39 is 5.97 Å². The Morgan fingerprint density at radius 2 is 1.85 bits per heavy atom. The van der Waals surface area contributed by atoms with Gasteiger partial charge in [0.05, 0.1) is 12.7 Å². The predicted molar refractivity (Wildman–Crippen MR) is 75.1 cm³/mol. The number of likely N-dealkylation sites (N-methyl/N-ethyl adjacent to an activating group) is 1. The summed E-state index contributed by atoms with van der Waals surface area (Å²) in [5.74, 6) is -0.934. The maximum atomic E-state index is 12.4. The molecule has 6 nitrogen and oxygen atoms in total. The summed E-state index contributed by atoms with van der Waals surface area (Å²) in [5, 5.41) is 8.93. The fourth-order valence-electron chi connectivity index (χ4n) is 1.73. The van der Waals surface area contributed by atoms with Crippen LogP contribution in [0, 0.1) is 0 Å². The molecule has 1 rings (SSSR count). The highest BCUT2D eigenvalue weighted by molar-refractivity contribution is 5.98. The molecule has 1 amide bonds. The summed E-state index contributed by atoms with van der Waals surface area (Å²) >= 11 is 0. The molecule has 6 heteroatoms. The van der Waals surface area contributed by atoms with Crippen LogP contribution in [0.5, 0.6) is 5.75 Å². The molecule has 0 unspecified atom stereocenters. The molecule has 20 heavy (non-hydrogen) atoms. The lowest BCUT2D eigenvalue weighted by molar-refractivity contribution is -0.137. The number of carbonyl (C=O) groups is 2. The lowest BCUT2D eigenvalue weighted by Gasteiger charge is -2.23. The molecule has 110 valence electrons. The van der Waals surface area contributed by atoms with Gasteiger partial charge in [-0.3, -0.25) is 9.59 Å². The molecule has 0 radical (unpaired) electrons. The molecule has 0 fully saturated rings. The first-order valence-corrected chi connectivity index (χ1v) is 6.24. The number of carboxylic acid groups (broad SMARTS) is 1.